The van der Waals surface area contributed by atoms with Crippen LogP contribution < -0.4 is 15.8 Å². The summed E-state index contributed by atoms with van der Waals surface area (Å²) in [5.74, 6) is -0.366. The number of aromatic nitrogens is 1. The van der Waals surface area contributed by atoms with E-state index in [2.05, 4.69) is 15.0 Å². The summed E-state index contributed by atoms with van der Waals surface area (Å²) in [7, 11) is -2.15. The van der Waals surface area contributed by atoms with Crippen molar-refractivity contribution in [2.24, 2.45) is 5.73 Å². The SMILES string of the molecule is CNS(=O)(=O)c1ccc(NC(=O)c2csc(CN)n2)cc1. The van der Waals surface area contributed by atoms with E-state index in [9.17, 15) is 13.2 Å². The number of thiazole rings is 1. The second-order valence-electron chi connectivity index (χ2n) is 4.02. The van der Waals surface area contributed by atoms with Gasteiger partial charge in [0.2, 0.25) is 10.0 Å². The second-order valence-corrected chi connectivity index (χ2v) is 6.85. The molecule has 2 rings (SSSR count). The number of benzene rings is 1. The van der Waals surface area contributed by atoms with E-state index in [1.54, 1.807) is 5.38 Å². The third kappa shape index (κ3) is 3.64. The molecule has 0 aliphatic rings. The zero-order chi connectivity index (χ0) is 15.5. The molecule has 1 heterocycles. The van der Waals surface area contributed by atoms with E-state index >= 15 is 0 Å². The maximum Gasteiger partial charge on any atom is 0.275 e. The van der Waals surface area contributed by atoms with Crippen LogP contribution in [-0.2, 0) is 16.6 Å². The Hall–Kier alpha value is -1.81. The summed E-state index contributed by atoms with van der Waals surface area (Å²) in [6, 6.07) is 5.85. The van der Waals surface area contributed by atoms with Crippen LogP contribution in [0.2, 0.25) is 0 Å². The Labute approximate surface area is 126 Å². The minimum absolute atomic E-state index is 0.127. The van der Waals surface area contributed by atoms with E-state index < -0.39 is 10.0 Å². The maximum atomic E-state index is 11.9. The van der Waals surface area contributed by atoms with E-state index in [-0.39, 0.29) is 23.0 Å². The molecule has 21 heavy (non-hydrogen) atoms. The van der Waals surface area contributed by atoms with Crippen molar-refractivity contribution >= 4 is 33.0 Å². The molecular weight excluding hydrogens is 312 g/mol. The average Bonchev–Trinajstić information content (AvgIpc) is 2.97. The molecule has 0 aliphatic heterocycles. The van der Waals surface area contributed by atoms with Crippen molar-refractivity contribution in [1.82, 2.24) is 9.71 Å². The molecular formula is C12H14N4O3S2. The van der Waals surface area contributed by atoms with Crippen molar-refractivity contribution in [1.29, 1.82) is 0 Å². The molecule has 0 unspecified atom stereocenters. The van der Waals surface area contributed by atoms with Crippen molar-refractivity contribution in [3.63, 3.8) is 0 Å². The molecule has 0 saturated carbocycles. The van der Waals surface area contributed by atoms with Crippen LogP contribution >= 0.6 is 11.3 Å². The molecule has 1 aromatic heterocycles. The van der Waals surface area contributed by atoms with Crippen LogP contribution in [0.15, 0.2) is 34.5 Å². The fraction of sp³-hybridized carbons (Fsp3) is 0.167. The zero-order valence-electron chi connectivity index (χ0n) is 11.2. The quantitative estimate of drug-likeness (QED) is 0.750. The summed E-state index contributed by atoms with van der Waals surface area (Å²) in [6.07, 6.45) is 0. The molecule has 0 fully saturated rings. The fourth-order valence-corrected chi connectivity index (χ4v) is 2.92. The number of anilines is 1. The number of hydrogen-bond donors (Lipinski definition) is 3. The lowest BCUT2D eigenvalue weighted by Crippen LogP contribution is -2.18. The highest BCUT2D eigenvalue weighted by Crippen LogP contribution is 2.15. The first kappa shape index (κ1) is 15.6. The van der Waals surface area contributed by atoms with Gasteiger partial charge in [-0.1, -0.05) is 0 Å². The number of carbonyl (C=O) groups excluding carboxylic acids is 1. The molecule has 0 bridgehead atoms. The molecule has 9 heteroatoms. The number of sulfonamides is 1. The topological polar surface area (TPSA) is 114 Å². The highest BCUT2D eigenvalue weighted by atomic mass is 32.2. The van der Waals surface area contributed by atoms with E-state index in [1.807, 2.05) is 0 Å². The molecule has 4 N–H and O–H groups in total. The lowest BCUT2D eigenvalue weighted by molar-refractivity contribution is 0.102. The molecule has 0 atom stereocenters. The van der Waals surface area contributed by atoms with Gasteiger partial charge in [-0.2, -0.15) is 0 Å². The number of nitrogens with zero attached hydrogens (tertiary/aromatic N) is 1. The summed E-state index contributed by atoms with van der Waals surface area (Å²) < 4.78 is 25.4. The van der Waals surface area contributed by atoms with Gasteiger partial charge >= 0.3 is 0 Å². The molecule has 2 aromatic rings. The number of carbonyl (C=O) groups is 1. The van der Waals surface area contributed by atoms with Crippen molar-refractivity contribution in [3.8, 4) is 0 Å². The van der Waals surface area contributed by atoms with Crippen LogP contribution in [0.5, 0.6) is 0 Å². The molecule has 112 valence electrons. The highest BCUT2D eigenvalue weighted by Gasteiger charge is 2.13. The van der Waals surface area contributed by atoms with Gasteiger partial charge in [-0.25, -0.2) is 18.1 Å². The number of amides is 1. The zero-order valence-corrected chi connectivity index (χ0v) is 12.8. The van der Waals surface area contributed by atoms with Gasteiger partial charge in [-0.3, -0.25) is 4.79 Å². The first-order chi connectivity index (χ1) is 9.96. The van der Waals surface area contributed by atoms with Crippen molar-refractivity contribution in [3.05, 3.63) is 40.3 Å². The van der Waals surface area contributed by atoms with Gasteiger partial charge < -0.3 is 11.1 Å². The Morgan fingerprint density at radius 2 is 2.00 bits per heavy atom. The van der Waals surface area contributed by atoms with Crippen LogP contribution in [0, 0.1) is 0 Å². The third-order valence-corrected chi connectivity index (χ3v) is 4.95. The van der Waals surface area contributed by atoms with Gasteiger partial charge in [0.05, 0.1) is 4.90 Å². The summed E-state index contributed by atoms with van der Waals surface area (Å²) in [6.45, 7) is 0.286. The Morgan fingerprint density at radius 1 is 1.33 bits per heavy atom. The lowest BCUT2D eigenvalue weighted by atomic mass is 10.3. The highest BCUT2D eigenvalue weighted by molar-refractivity contribution is 7.89. The molecule has 7 nitrogen and oxygen atoms in total. The minimum Gasteiger partial charge on any atom is -0.325 e. The summed E-state index contributed by atoms with van der Waals surface area (Å²) >= 11 is 1.31. The molecule has 0 radical (unpaired) electrons. The number of nitrogens with two attached hydrogens (primary N) is 1. The first-order valence-corrected chi connectivity index (χ1v) is 8.32. The smallest absolute Gasteiger partial charge is 0.275 e. The van der Waals surface area contributed by atoms with Crippen molar-refractivity contribution in [2.45, 2.75) is 11.4 Å². The Balaban J connectivity index is 2.11. The second kappa shape index (κ2) is 6.31. The van der Waals surface area contributed by atoms with E-state index in [0.29, 0.717) is 10.7 Å². The van der Waals surface area contributed by atoms with Crippen molar-refractivity contribution in [2.75, 3.05) is 12.4 Å². The molecule has 0 spiro atoms. The largest absolute Gasteiger partial charge is 0.325 e. The predicted molar refractivity (Wildman–Crippen MR) is 80.6 cm³/mol. The molecule has 1 amide bonds. The van der Waals surface area contributed by atoms with E-state index in [0.717, 1.165) is 0 Å². The Morgan fingerprint density at radius 3 is 2.52 bits per heavy atom. The minimum atomic E-state index is -3.48. The standard InChI is InChI=1S/C12H14N4O3S2/c1-14-21(18,19)9-4-2-8(3-5-9)15-12(17)10-7-20-11(6-13)16-10/h2-5,7,14H,6,13H2,1H3,(H,15,17). The number of rotatable bonds is 5. The lowest BCUT2D eigenvalue weighted by Gasteiger charge is -2.05. The van der Waals surface area contributed by atoms with Crippen LogP contribution in [0.3, 0.4) is 0 Å². The maximum absolute atomic E-state index is 11.9. The summed E-state index contributed by atoms with van der Waals surface area (Å²) in [5.41, 5.74) is 6.21. The Kier molecular flexibility index (Phi) is 4.68. The molecule has 0 aliphatic carbocycles. The Bertz CT molecular complexity index is 738. The normalized spacial score (nSPS) is 11.3. The van der Waals surface area contributed by atoms with E-state index in [1.165, 1.54) is 42.6 Å². The number of hydrogen-bond acceptors (Lipinski definition) is 6. The fourth-order valence-electron chi connectivity index (χ4n) is 1.54. The van der Waals surface area contributed by atoms with Gasteiger partial charge in [-0.15, -0.1) is 11.3 Å². The predicted octanol–water partition coefficient (Wildman–Crippen LogP) is 0.762. The molecule has 1 aromatic carbocycles. The van der Waals surface area contributed by atoms with Gasteiger partial charge in [0.15, 0.2) is 0 Å². The van der Waals surface area contributed by atoms with Gasteiger partial charge in [0.1, 0.15) is 10.7 Å². The summed E-state index contributed by atoms with van der Waals surface area (Å²) in [5, 5.41) is 4.94. The van der Waals surface area contributed by atoms with Gasteiger partial charge in [-0.05, 0) is 31.3 Å². The first-order valence-electron chi connectivity index (χ1n) is 5.95. The average molecular weight is 326 g/mol. The summed E-state index contributed by atoms with van der Waals surface area (Å²) in [4.78, 5) is 16.1. The van der Waals surface area contributed by atoms with Crippen LogP contribution in [0.25, 0.3) is 0 Å². The van der Waals surface area contributed by atoms with Gasteiger partial charge in [0.25, 0.3) is 5.91 Å². The molecule has 0 saturated heterocycles. The van der Waals surface area contributed by atoms with E-state index in [4.69, 9.17) is 5.73 Å². The van der Waals surface area contributed by atoms with Crippen LogP contribution in [-0.4, -0.2) is 26.4 Å². The third-order valence-electron chi connectivity index (χ3n) is 2.65. The van der Waals surface area contributed by atoms with Crippen LogP contribution in [0.4, 0.5) is 5.69 Å². The number of nitrogens with one attached hydrogen (secondary N) is 2. The van der Waals surface area contributed by atoms with Crippen molar-refractivity contribution < 1.29 is 13.2 Å². The van der Waals surface area contributed by atoms with Crippen LogP contribution in [0.1, 0.15) is 15.5 Å². The van der Waals surface area contributed by atoms with Gasteiger partial charge in [0, 0.05) is 17.6 Å². The monoisotopic (exact) mass is 326 g/mol.